The zero-order valence-electron chi connectivity index (χ0n) is 16.7. The van der Waals surface area contributed by atoms with Gasteiger partial charge in [0, 0.05) is 24.8 Å². The van der Waals surface area contributed by atoms with Crippen LogP contribution >= 0.6 is 0 Å². The molecule has 1 atom stereocenters. The summed E-state index contributed by atoms with van der Waals surface area (Å²) in [5.41, 5.74) is 0.893. The van der Waals surface area contributed by atoms with Crippen LogP contribution in [0.2, 0.25) is 0 Å². The molecule has 5 rings (SSSR count). The van der Waals surface area contributed by atoms with Gasteiger partial charge in [0.15, 0.2) is 0 Å². The molecule has 0 radical (unpaired) electrons. The number of aliphatic hydroxyl groups is 1. The van der Waals surface area contributed by atoms with Crippen molar-refractivity contribution in [1.82, 2.24) is 20.0 Å². The molecule has 3 aromatic heterocycles. The number of morpholine rings is 1. The average molecular weight is 411 g/mol. The Morgan fingerprint density at radius 1 is 1.10 bits per heavy atom. The number of furan rings is 1. The standard InChI is InChI=1S/C21H25N5O4/c27-14-17-4-3-16(29-17)13-26-7-1-2-18(26)21-23-20(24-30-21)15-5-6-22-19(12-15)25-8-10-28-11-9-25/h3-6,12,18,27H,1-2,7-11,13-14H2/t18-/m0/s1. The average Bonchev–Trinajstić information content (AvgIpc) is 3.55. The van der Waals surface area contributed by atoms with Crippen LogP contribution in [0, 0.1) is 0 Å². The van der Waals surface area contributed by atoms with E-state index in [0.29, 0.717) is 37.2 Å². The molecule has 3 aromatic rings. The molecule has 2 fully saturated rings. The Labute approximate surface area is 174 Å². The maximum atomic E-state index is 9.20. The Balaban J connectivity index is 1.32. The summed E-state index contributed by atoms with van der Waals surface area (Å²) in [7, 11) is 0. The number of likely N-dealkylation sites (tertiary alicyclic amines) is 1. The zero-order chi connectivity index (χ0) is 20.3. The van der Waals surface area contributed by atoms with E-state index in [2.05, 4.69) is 19.9 Å². The number of rotatable bonds is 6. The first-order valence-corrected chi connectivity index (χ1v) is 10.4. The van der Waals surface area contributed by atoms with E-state index >= 15 is 0 Å². The van der Waals surface area contributed by atoms with Crippen LogP contribution in [0.3, 0.4) is 0 Å². The number of hydrogen-bond donors (Lipinski definition) is 1. The van der Waals surface area contributed by atoms with Crippen LogP contribution in [0.4, 0.5) is 5.82 Å². The van der Waals surface area contributed by atoms with Gasteiger partial charge in [-0.2, -0.15) is 4.98 Å². The van der Waals surface area contributed by atoms with E-state index in [9.17, 15) is 5.11 Å². The molecule has 30 heavy (non-hydrogen) atoms. The van der Waals surface area contributed by atoms with E-state index in [1.165, 1.54) is 0 Å². The second-order valence-corrected chi connectivity index (χ2v) is 7.61. The second-order valence-electron chi connectivity index (χ2n) is 7.61. The molecule has 2 saturated heterocycles. The molecular formula is C21H25N5O4. The smallest absolute Gasteiger partial charge is 0.244 e. The Morgan fingerprint density at radius 2 is 1.97 bits per heavy atom. The third-order valence-corrected chi connectivity index (χ3v) is 5.66. The van der Waals surface area contributed by atoms with Crippen LogP contribution in [0.1, 0.15) is 36.3 Å². The Morgan fingerprint density at radius 3 is 2.80 bits per heavy atom. The van der Waals surface area contributed by atoms with Gasteiger partial charge in [-0.1, -0.05) is 5.16 Å². The number of ether oxygens (including phenoxy) is 1. The highest BCUT2D eigenvalue weighted by atomic mass is 16.5. The molecule has 0 amide bonds. The van der Waals surface area contributed by atoms with Gasteiger partial charge >= 0.3 is 0 Å². The summed E-state index contributed by atoms with van der Waals surface area (Å²) in [6.07, 6.45) is 3.81. The van der Waals surface area contributed by atoms with Gasteiger partial charge in [-0.3, -0.25) is 4.90 Å². The number of hydrogen-bond acceptors (Lipinski definition) is 9. The summed E-state index contributed by atoms with van der Waals surface area (Å²) < 4.78 is 16.7. The molecule has 158 valence electrons. The lowest BCUT2D eigenvalue weighted by Crippen LogP contribution is -2.36. The van der Waals surface area contributed by atoms with E-state index in [0.717, 1.165) is 49.6 Å². The van der Waals surface area contributed by atoms with Gasteiger partial charge in [0.25, 0.3) is 0 Å². The van der Waals surface area contributed by atoms with Gasteiger partial charge in [0.2, 0.25) is 11.7 Å². The van der Waals surface area contributed by atoms with Crippen LogP contribution in [-0.2, 0) is 17.9 Å². The van der Waals surface area contributed by atoms with E-state index in [-0.39, 0.29) is 12.6 Å². The van der Waals surface area contributed by atoms with E-state index in [1.807, 2.05) is 18.2 Å². The largest absolute Gasteiger partial charge is 0.462 e. The molecule has 9 heteroatoms. The van der Waals surface area contributed by atoms with Crippen molar-refractivity contribution in [3.05, 3.63) is 47.9 Å². The highest BCUT2D eigenvalue weighted by Gasteiger charge is 2.31. The first-order valence-electron chi connectivity index (χ1n) is 10.4. The minimum Gasteiger partial charge on any atom is -0.462 e. The molecule has 0 bridgehead atoms. The predicted molar refractivity (Wildman–Crippen MR) is 108 cm³/mol. The van der Waals surface area contributed by atoms with Gasteiger partial charge in [0.1, 0.15) is 23.9 Å². The fourth-order valence-electron chi connectivity index (χ4n) is 4.10. The number of aliphatic hydroxyl groups excluding tert-OH is 1. The van der Waals surface area contributed by atoms with E-state index in [4.69, 9.17) is 18.7 Å². The van der Waals surface area contributed by atoms with Crippen molar-refractivity contribution in [3.8, 4) is 11.4 Å². The van der Waals surface area contributed by atoms with Crippen LogP contribution < -0.4 is 4.90 Å². The molecule has 5 heterocycles. The fourth-order valence-corrected chi connectivity index (χ4v) is 4.10. The molecule has 0 aliphatic carbocycles. The molecule has 0 aromatic carbocycles. The van der Waals surface area contributed by atoms with E-state index < -0.39 is 0 Å². The lowest BCUT2D eigenvalue weighted by Gasteiger charge is -2.27. The van der Waals surface area contributed by atoms with Crippen molar-refractivity contribution in [3.63, 3.8) is 0 Å². The van der Waals surface area contributed by atoms with Crippen LogP contribution in [0.5, 0.6) is 0 Å². The third kappa shape index (κ3) is 3.96. The minimum absolute atomic E-state index is 0.0643. The quantitative estimate of drug-likeness (QED) is 0.655. The second kappa shape index (κ2) is 8.55. The summed E-state index contributed by atoms with van der Waals surface area (Å²) in [6.45, 7) is 4.59. The number of pyridine rings is 1. The molecular weight excluding hydrogens is 386 g/mol. The molecule has 0 saturated carbocycles. The van der Waals surface area contributed by atoms with Crippen LogP contribution in [0.15, 0.2) is 39.4 Å². The lowest BCUT2D eigenvalue weighted by molar-refractivity contribution is 0.122. The monoisotopic (exact) mass is 411 g/mol. The summed E-state index contributed by atoms with van der Waals surface area (Å²) in [4.78, 5) is 13.7. The Kier molecular flexibility index (Phi) is 5.48. The summed E-state index contributed by atoms with van der Waals surface area (Å²) in [5, 5.41) is 13.4. The van der Waals surface area contributed by atoms with Gasteiger partial charge < -0.3 is 23.7 Å². The molecule has 2 aliphatic rings. The van der Waals surface area contributed by atoms with Gasteiger partial charge in [0.05, 0.1) is 25.8 Å². The minimum atomic E-state index is -0.0885. The maximum Gasteiger partial charge on any atom is 0.244 e. The number of aromatic nitrogens is 3. The highest BCUT2D eigenvalue weighted by molar-refractivity contribution is 5.59. The molecule has 1 N–H and O–H groups in total. The van der Waals surface area contributed by atoms with Crippen molar-refractivity contribution >= 4 is 5.82 Å². The van der Waals surface area contributed by atoms with Gasteiger partial charge in [-0.05, 0) is 43.7 Å². The zero-order valence-corrected chi connectivity index (χ0v) is 16.7. The topological polar surface area (TPSA) is 101 Å². The molecule has 0 spiro atoms. The van der Waals surface area contributed by atoms with Gasteiger partial charge in [-0.25, -0.2) is 4.98 Å². The van der Waals surface area contributed by atoms with Crippen molar-refractivity contribution in [1.29, 1.82) is 0 Å². The first-order chi connectivity index (χ1) is 14.8. The van der Waals surface area contributed by atoms with Crippen molar-refractivity contribution in [2.75, 3.05) is 37.7 Å². The number of anilines is 1. The molecule has 2 aliphatic heterocycles. The van der Waals surface area contributed by atoms with Crippen LogP contribution in [-0.4, -0.2) is 58.0 Å². The van der Waals surface area contributed by atoms with Crippen molar-refractivity contribution in [2.45, 2.75) is 32.0 Å². The SMILES string of the molecule is OCc1ccc(CN2CCC[C@H]2c2nc(-c3ccnc(N4CCOCC4)c3)no2)o1. The highest BCUT2D eigenvalue weighted by Crippen LogP contribution is 2.33. The van der Waals surface area contributed by atoms with E-state index in [1.54, 1.807) is 12.3 Å². The predicted octanol–water partition coefficient (Wildman–Crippen LogP) is 2.39. The molecule has 9 nitrogen and oxygen atoms in total. The first kappa shape index (κ1) is 19.2. The third-order valence-electron chi connectivity index (χ3n) is 5.66. The summed E-state index contributed by atoms with van der Waals surface area (Å²) in [5.74, 6) is 3.52. The summed E-state index contributed by atoms with van der Waals surface area (Å²) in [6, 6.07) is 7.69. The van der Waals surface area contributed by atoms with Crippen molar-refractivity contribution < 1.29 is 18.8 Å². The normalized spacial score (nSPS) is 20.2. The lowest BCUT2D eigenvalue weighted by atomic mass is 10.2. The van der Waals surface area contributed by atoms with Gasteiger partial charge in [-0.15, -0.1) is 0 Å². The Bertz CT molecular complexity index is 981. The molecule has 0 unspecified atom stereocenters. The van der Waals surface area contributed by atoms with Crippen molar-refractivity contribution in [2.24, 2.45) is 0 Å². The van der Waals surface area contributed by atoms with Crippen LogP contribution in [0.25, 0.3) is 11.4 Å². The number of nitrogens with zero attached hydrogens (tertiary/aromatic N) is 5. The Hall–Kier alpha value is -2.75. The maximum absolute atomic E-state index is 9.20. The summed E-state index contributed by atoms with van der Waals surface area (Å²) >= 11 is 0. The fraction of sp³-hybridized carbons (Fsp3) is 0.476.